The Morgan fingerprint density at radius 1 is 0.872 bits per heavy atom. The Labute approximate surface area is 225 Å². The molecule has 1 fully saturated rings. The molecule has 200 valence electrons. The second kappa shape index (κ2) is 10.6. The number of aromatic hydroxyl groups is 1. The maximum atomic E-state index is 14.7. The normalized spacial score (nSPS) is 18.0. The zero-order valence-electron chi connectivity index (χ0n) is 20.7. The van der Waals surface area contributed by atoms with Crippen LogP contribution in [-0.2, 0) is 14.9 Å². The van der Waals surface area contributed by atoms with Crippen LogP contribution < -0.4 is 4.90 Å². The van der Waals surface area contributed by atoms with E-state index in [9.17, 15) is 32.4 Å². The van der Waals surface area contributed by atoms with Crippen molar-refractivity contribution in [1.82, 2.24) is 0 Å². The van der Waals surface area contributed by atoms with E-state index >= 15 is 0 Å². The highest BCUT2D eigenvalue weighted by atomic mass is 32.2. The third kappa shape index (κ3) is 5.16. The van der Waals surface area contributed by atoms with Crippen LogP contribution in [0.5, 0.6) is 5.75 Å². The van der Waals surface area contributed by atoms with Crippen molar-refractivity contribution in [1.29, 1.82) is 0 Å². The lowest BCUT2D eigenvalue weighted by atomic mass is 9.78. The van der Waals surface area contributed by atoms with Gasteiger partial charge in [0.2, 0.25) is 5.91 Å². The fourth-order valence-electron chi connectivity index (χ4n) is 5.18. The van der Waals surface area contributed by atoms with Crippen molar-refractivity contribution < 1.29 is 32.4 Å². The first-order chi connectivity index (χ1) is 18.7. The number of aliphatic hydroxyl groups is 1. The molecule has 39 heavy (non-hydrogen) atoms. The van der Waals surface area contributed by atoms with E-state index in [0.717, 1.165) is 5.56 Å². The molecular weight excluding hydrogens is 521 g/mol. The van der Waals surface area contributed by atoms with Gasteiger partial charge in [-0.3, -0.25) is 9.35 Å². The molecule has 3 N–H and O–H groups in total. The Balaban J connectivity index is 1.50. The minimum atomic E-state index is -4.55. The van der Waals surface area contributed by atoms with Gasteiger partial charge in [-0.15, -0.1) is 0 Å². The lowest BCUT2D eigenvalue weighted by Crippen LogP contribution is -2.55. The van der Waals surface area contributed by atoms with E-state index in [1.807, 2.05) is 18.2 Å². The van der Waals surface area contributed by atoms with Crippen LogP contribution in [0.2, 0.25) is 0 Å². The van der Waals surface area contributed by atoms with Crippen LogP contribution >= 0.6 is 0 Å². The molecule has 1 aliphatic heterocycles. The Morgan fingerprint density at radius 3 is 2.23 bits per heavy atom. The molecule has 0 saturated carbocycles. The van der Waals surface area contributed by atoms with Gasteiger partial charge in [0, 0.05) is 11.1 Å². The maximum absolute atomic E-state index is 14.7. The molecule has 0 spiro atoms. The number of phenolic OH excluding ortho intramolecular Hbond substituents is 1. The predicted octanol–water partition coefficient (Wildman–Crippen LogP) is 5.66. The summed E-state index contributed by atoms with van der Waals surface area (Å²) in [6.45, 7) is 0. The Morgan fingerprint density at radius 2 is 1.54 bits per heavy atom. The molecule has 1 aliphatic rings. The summed E-state index contributed by atoms with van der Waals surface area (Å²) < 4.78 is 48.1. The van der Waals surface area contributed by atoms with Gasteiger partial charge in [-0.25, -0.2) is 4.39 Å². The molecule has 4 aromatic carbocycles. The number of anilines is 1. The summed E-state index contributed by atoms with van der Waals surface area (Å²) in [5.74, 6) is -1.72. The number of halogens is 1. The topological polar surface area (TPSA) is 115 Å². The minimum Gasteiger partial charge on any atom is -0.507 e. The van der Waals surface area contributed by atoms with Crippen LogP contribution in [0.3, 0.4) is 0 Å². The van der Waals surface area contributed by atoms with Crippen LogP contribution in [0.25, 0.3) is 11.1 Å². The quantitative estimate of drug-likeness (QED) is 0.194. The summed E-state index contributed by atoms with van der Waals surface area (Å²) in [6, 6.07) is 24.7. The van der Waals surface area contributed by atoms with Crippen molar-refractivity contribution in [3.63, 3.8) is 0 Å². The number of carbonyl (C=O) groups is 1. The lowest BCUT2D eigenvalue weighted by molar-refractivity contribution is -0.131. The molecule has 1 heterocycles. The summed E-state index contributed by atoms with van der Waals surface area (Å²) in [7, 11) is -4.55. The second-order valence-corrected chi connectivity index (χ2v) is 10.9. The second-order valence-electron chi connectivity index (χ2n) is 9.46. The molecule has 3 atom stereocenters. The summed E-state index contributed by atoms with van der Waals surface area (Å²) in [5.41, 5.74) is 1.63. The average Bonchev–Trinajstić information content (AvgIpc) is 2.92. The number of benzene rings is 4. The molecule has 0 radical (unpaired) electrons. The molecule has 5 rings (SSSR count). The minimum absolute atomic E-state index is 0.104. The van der Waals surface area contributed by atoms with Crippen LogP contribution in [0.15, 0.2) is 102 Å². The van der Waals surface area contributed by atoms with Gasteiger partial charge >= 0.3 is 0 Å². The number of amides is 1. The zero-order chi connectivity index (χ0) is 27.7. The van der Waals surface area contributed by atoms with Crippen LogP contribution in [0.1, 0.15) is 36.1 Å². The summed E-state index contributed by atoms with van der Waals surface area (Å²) in [6.07, 6.45) is -0.165. The molecule has 0 aromatic heterocycles. The fraction of sp³-hybridized carbons (Fsp3) is 0.167. The molecule has 0 aliphatic carbocycles. The van der Waals surface area contributed by atoms with E-state index in [2.05, 4.69) is 0 Å². The van der Waals surface area contributed by atoms with Gasteiger partial charge in [0.1, 0.15) is 16.5 Å². The first-order valence-electron chi connectivity index (χ1n) is 12.4. The van der Waals surface area contributed by atoms with Gasteiger partial charge in [0.25, 0.3) is 10.1 Å². The third-order valence-corrected chi connectivity index (χ3v) is 7.99. The van der Waals surface area contributed by atoms with Crippen LogP contribution in [0, 0.1) is 11.7 Å². The number of β-lactam (4-membered cyclic amide) rings is 1. The van der Waals surface area contributed by atoms with E-state index in [1.54, 1.807) is 30.3 Å². The highest BCUT2D eigenvalue weighted by Gasteiger charge is 2.49. The first kappa shape index (κ1) is 26.6. The molecular formula is C30H26FNO6S. The van der Waals surface area contributed by atoms with Crippen molar-refractivity contribution in [2.45, 2.75) is 29.9 Å². The largest absolute Gasteiger partial charge is 0.507 e. The first-order valence-corrected chi connectivity index (χ1v) is 13.8. The average molecular weight is 548 g/mol. The number of para-hydroxylation sites is 1. The number of rotatable bonds is 8. The van der Waals surface area contributed by atoms with Gasteiger partial charge < -0.3 is 15.1 Å². The van der Waals surface area contributed by atoms with Gasteiger partial charge in [-0.2, -0.15) is 8.42 Å². The fourth-order valence-corrected chi connectivity index (χ4v) is 5.89. The predicted molar refractivity (Wildman–Crippen MR) is 144 cm³/mol. The maximum Gasteiger partial charge on any atom is 0.295 e. The number of aliphatic hydroxyl groups excluding tert-OH is 1. The SMILES string of the molecule is O=C1[C@H](CC[C@H](O)c2ccccc2)[C@@H](c2ccc(-c3ccccc3S(=O)(=O)O)c(O)c2)N1c1ccccc1F. The Bertz CT molecular complexity index is 1630. The number of hydrogen-bond acceptors (Lipinski definition) is 5. The van der Waals surface area contributed by atoms with E-state index < -0.39 is 34.0 Å². The molecule has 0 unspecified atom stereocenters. The van der Waals surface area contributed by atoms with Gasteiger partial charge in [-0.1, -0.05) is 72.8 Å². The summed E-state index contributed by atoms with van der Waals surface area (Å²) in [5, 5.41) is 21.6. The molecule has 1 saturated heterocycles. The van der Waals surface area contributed by atoms with Gasteiger partial charge in [0.05, 0.1) is 23.8 Å². The van der Waals surface area contributed by atoms with Crippen molar-refractivity contribution in [2.24, 2.45) is 5.92 Å². The molecule has 7 nitrogen and oxygen atoms in total. The van der Waals surface area contributed by atoms with Crippen molar-refractivity contribution >= 4 is 21.7 Å². The Hall–Kier alpha value is -4.05. The third-order valence-electron chi connectivity index (χ3n) is 7.08. The summed E-state index contributed by atoms with van der Waals surface area (Å²) in [4.78, 5) is 14.3. The van der Waals surface area contributed by atoms with Crippen LogP contribution in [0.4, 0.5) is 10.1 Å². The lowest BCUT2D eigenvalue weighted by Gasteiger charge is -2.48. The standard InChI is InChI=1S/C30H26FNO6S/c31-24-11-5-6-12-25(24)32-29(23(30(32)35)16-17-26(33)19-8-2-1-3-9-19)20-14-15-21(27(34)18-20)22-10-4-7-13-28(22)39(36,37)38/h1-15,18,23,26,29,33-34H,16-17H2,(H,36,37,38)/t23-,26+,29-/m1/s1. The number of nitrogens with zero attached hydrogens (tertiary/aromatic N) is 1. The molecule has 9 heteroatoms. The number of phenols is 1. The van der Waals surface area contributed by atoms with Crippen molar-refractivity contribution in [3.05, 3.63) is 114 Å². The van der Waals surface area contributed by atoms with E-state index in [1.165, 1.54) is 53.4 Å². The smallest absolute Gasteiger partial charge is 0.295 e. The van der Waals surface area contributed by atoms with E-state index in [0.29, 0.717) is 18.4 Å². The van der Waals surface area contributed by atoms with Crippen molar-refractivity contribution in [3.8, 4) is 16.9 Å². The Kier molecular flexibility index (Phi) is 7.22. The monoisotopic (exact) mass is 547 g/mol. The highest BCUT2D eigenvalue weighted by Crippen LogP contribution is 2.48. The highest BCUT2D eigenvalue weighted by molar-refractivity contribution is 7.86. The number of carbonyl (C=O) groups excluding carboxylic acids is 1. The zero-order valence-corrected chi connectivity index (χ0v) is 21.5. The van der Waals surface area contributed by atoms with E-state index in [4.69, 9.17) is 0 Å². The van der Waals surface area contributed by atoms with Gasteiger partial charge in [0.15, 0.2) is 0 Å². The molecule has 1 amide bonds. The van der Waals surface area contributed by atoms with Crippen LogP contribution in [-0.4, -0.2) is 29.1 Å². The van der Waals surface area contributed by atoms with Gasteiger partial charge in [-0.05, 0) is 48.2 Å². The molecule has 4 aromatic rings. The van der Waals surface area contributed by atoms with Crippen molar-refractivity contribution in [2.75, 3.05) is 4.90 Å². The summed E-state index contributed by atoms with van der Waals surface area (Å²) >= 11 is 0. The number of hydrogen-bond donors (Lipinski definition) is 3. The van der Waals surface area contributed by atoms with E-state index in [-0.39, 0.29) is 33.4 Å². The molecule has 0 bridgehead atoms.